The summed E-state index contributed by atoms with van der Waals surface area (Å²) in [5, 5.41) is 3.00. The van der Waals surface area contributed by atoms with Crippen LogP contribution in [-0.2, 0) is 9.53 Å². The van der Waals surface area contributed by atoms with Crippen LogP contribution in [0.2, 0.25) is 0 Å². The van der Waals surface area contributed by atoms with Crippen molar-refractivity contribution in [2.24, 2.45) is 0 Å². The molecule has 0 aliphatic carbocycles. The van der Waals surface area contributed by atoms with Gasteiger partial charge in [-0.2, -0.15) is 0 Å². The molecule has 1 N–H and O–H groups in total. The molecule has 1 heterocycles. The number of anilines is 2. The summed E-state index contributed by atoms with van der Waals surface area (Å²) in [6.07, 6.45) is 2.02. The Hall–Kier alpha value is -2.51. The lowest BCUT2D eigenvalue weighted by Gasteiger charge is -2.40. The first kappa shape index (κ1) is 21.2. The quantitative estimate of drug-likeness (QED) is 0.579. The zero-order valence-corrected chi connectivity index (χ0v) is 17.9. The van der Waals surface area contributed by atoms with Gasteiger partial charge in [-0.15, -0.1) is 11.8 Å². The van der Waals surface area contributed by atoms with E-state index in [1.807, 2.05) is 42.7 Å². The first-order valence-electron chi connectivity index (χ1n) is 9.61. The highest BCUT2D eigenvalue weighted by Gasteiger charge is 2.25. The van der Waals surface area contributed by atoms with Crippen LogP contribution >= 0.6 is 11.8 Å². The molecule has 2 aromatic rings. The molecule has 0 radical (unpaired) electrons. The second-order valence-electron chi connectivity index (χ2n) is 7.08. The van der Waals surface area contributed by atoms with E-state index in [2.05, 4.69) is 22.0 Å². The van der Waals surface area contributed by atoms with Gasteiger partial charge in [-0.05, 0) is 55.6 Å². The number of carbonyl (C=O) groups is 2. The van der Waals surface area contributed by atoms with E-state index in [1.165, 1.54) is 7.11 Å². The number of thioether (sulfide) groups is 1. The van der Waals surface area contributed by atoms with Gasteiger partial charge in [-0.25, -0.2) is 4.79 Å². The Labute approximate surface area is 176 Å². The average molecular weight is 414 g/mol. The third kappa shape index (κ3) is 5.52. The summed E-state index contributed by atoms with van der Waals surface area (Å²) in [4.78, 5) is 29.7. The minimum Gasteiger partial charge on any atom is -0.465 e. The van der Waals surface area contributed by atoms with E-state index in [0.717, 1.165) is 35.9 Å². The number of rotatable bonds is 6. The number of nitrogens with one attached hydrogen (secondary N) is 1. The van der Waals surface area contributed by atoms with Crippen LogP contribution in [0.25, 0.3) is 0 Å². The molecule has 0 bridgehead atoms. The zero-order chi connectivity index (χ0) is 20.8. The summed E-state index contributed by atoms with van der Waals surface area (Å²) in [5.74, 6) is -0.324. The molecule has 0 saturated carbocycles. The van der Waals surface area contributed by atoms with Crippen molar-refractivity contribution in [3.8, 4) is 0 Å². The SMILES string of the molecule is COC(=O)c1ccc(N2CCN(CC(=O)Nc3cccc(SC)c3)C(C)C2)cc1. The van der Waals surface area contributed by atoms with E-state index < -0.39 is 0 Å². The number of benzene rings is 2. The predicted octanol–water partition coefficient (Wildman–Crippen LogP) is 3.34. The minimum absolute atomic E-state index is 0.00554. The Kier molecular flexibility index (Phi) is 7.17. The molecule has 1 aliphatic heterocycles. The standard InChI is InChI=1S/C22H27N3O3S/c1-16-14-25(19-9-7-17(8-10-19)22(27)28-2)12-11-24(16)15-21(26)23-18-5-4-6-20(13-18)29-3/h4-10,13,16H,11-12,14-15H2,1-3H3,(H,23,26). The number of nitrogens with zero attached hydrogens (tertiary/aromatic N) is 2. The normalized spacial score (nSPS) is 17.1. The fourth-order valence-corrected chi connectivity index (χ4v) is 3.94. The lowest BCUT2D eigenvalue weighted by atomic mass is 10.1. The molecule has 0 spiro atoms. The van der Waals surface area contributed by atoms with Crippen LogP contribution in [0.1, 0.15) is 17.3 Å². The third-order valence-electron chi connectivity index (χ3n) is 5.12. The van der Waals surface area contributed by atoms with Gasteiger partial charge in [0.2, 0.25) is 5.91 Å². The lowest BCUT2D eigenvalue weighted by molar-refractivity contribution is -0.117. The fraction of sp³-hybridized carbons (Fsp3) is 0.364. The van der Waals surface area contributed by atoms with Crippen LogP contribution in [0.5, 0.6) is 0 Å². The van der Waals surface area contributed by atoms with E-state index in [4.69, 9.17) is 4.74 Å². The Morgan fingerprint density at radius 2 is 1.93 bits per heavy atom. The number of amides is 1. The van der Waals surface area contributed by atoms with Gasteiger partial charge in [-0.1, -0.05) is 6.07 Å². The molecule has 3 rings (SSSR count). The number of piperazine rings is 1. The topological polar surface area (TPSA) is 61.9 Å². The summed E-state index contributed by atoms with van der Waals surface area (Å²) in [7, 11) is 1.38. The fourth-order valence-electron chi connectivity index (χ4n) is 3.48. The van der Waals surface area contributed by atoms with E-state index >= 15 is 0 Å². The number of carbonyl (C=O) groups excluding carboxylic acids is 2. The van der Waals surface area contributed by atoms with Crippen molar-refractivity contribution >= 4 is 35.0 Å². The zero-order valence-electron chi connectivity index (χ0n) is 17.1. The highest BCUT2D eigenvalue weighted by atomic mass is 32.2. The largest absolute Gasteiger partial charge is 0.465 e. The van der Waals surface area contributed by atoms with Crippen LogP contribution in [0.3, 0.4) is 0 Å². The maximum Gasteiger partial charge on any atom is 0.337 e. The molecule has 154 valence electrons. The third-order valence-corrected chi connectivity index (χ3v) is 5.84. The van der Waals surface area contributed by atoms with Crippen molar-refractivity contribution in [1.82, 2.24) is 4.90 Å². The maximum atomic E-state index is 12.5. The van der Waals surface area contributed by atoms with Crippen molar-refractivity contribution in [1.29, 1.82) is 0 Å². The Morgan fingerprint density at radius 3 is 2.59 bits per heavy atom. The summed E-state index contributed by atoms with van der Waals surface area (Å²) < 4.78 is 4.75. The van der Waals surface area contributed by atoms with E-state index in [1.54, 1.807) is 23.9 Å². The van der Waals surface area contributed by atoms with Crippen LogP contribution in [0.15, 0.2) is 53.4 Å². The summed E-state index contributed by atoms with van der Waals surface area (Å²) in [6.45, 7) is 4.97. The van der Waals surface area contributed by atoms with Gasteiger partial charge >= 0.3 is 5.97 Å². The highest BCUT2D eigenvalue weighted by Crippen LogP contribution is 2.21. The molecular weight excluding hydrogens is 386 g/mol. The van der Waals surface area contributed by atoms with Crippen LogP contribution in [0.4, 0.5) is 11.4 Å². The lowest BCUT2D eigenvalue weighted by Crippen LogP contribution is -2.53. The molecule has 1 fully saturated rings. The summed E-state index contributed by atoms with van der Waals surface area (Å²) in [6, 6.07) is 15.6. The summed E-state index contributed by atoms with van der Waals surface area (Å²) >= 11 is 1.65. The average Bonchev–Trinajstić information content (AvgIpc) is 2.74. The van der Waals surface area contributed by atoms with Crippen LogP contribution in [-0.4, -0.2) is 62.4 Å². The molecule has 29 heavy (non-hydrogen) atoms. The molecule has 1 saturated heterocycles. The van der Waals surface area contributed by atoms with Gasteiger partial charge in [0.05, 0.1) is 19.2 Å². The van der Waals surface area contributed by atoms with Gasteiger partial charge in [0.15, 0.2) is 0 Å². The molecular formula is C22H27N3O3S. The van der Waals surface area contributed by atoms with Crippen molar-refractivity contribution in [3.05, 3.63) is 54.1 Å². The number of methoxy groups -OCH3 is 1. The number of hydrogen-bond acceptors (Lipinski definition) is 6. The van der Waals surface area contributed by atoms with Crippen LogP contribution < -0.4 is 10.2 Å². The second kappa shape index (κ2) is 9.80. The smallest absolute Gasteiger partial charge is 0.337 e. The number of ether oxygens (including phenoxy) is 1. The van der Waals surface area contributed by atoms with Crippen molar-refractivity contribution < 1.29 is 14.3 Å². The first-order chi connectivity index (χ1) is 14.0. The van der Waals surface area contributed by atoms with Crippen molar-refractivity contribution in [2.75, 3.05) is 49.8 Å². The second-order valence-corrected chi connectivity index (χ2v) is 7.96. The number of esters is 1. The van der Waals surface area contributed by atoms with Crippen LogP contribution in [0, 0.1) is 0 Å². The minimum atomic E-state index is -0.330. The predicted molar refractivity (Wildman–Crippen MR) is 118 cm³/mol. The molecule has 1 unspecified atom stereocenters. The number of hydrogen-bond donors (Lipinski definition) is 1. The van der Waals surface area contributed by atoms with Crippen molar-refractivity contribution in [3.63, 3.8) is 0 Å². The first-order valence-corrected chi connectivity index (χ1v) is 10.8. The highest BCUT2D eigenvalue weighted by molar-refractivity contribution is 7.98. The monoisotopic (exact) mass is 413 g/mol. The van der Waals surface area contributed by atoms with E-state index in [-0.39, 0.29) is 17.9 Å². The molecule has 6 nitrogen and oxygen atoms in total. The van der Waals surface area contributed by atoms with Gasteiger partial charge in [0.25, 0.3) is 0 Å². The molecule has 1 aliphatic rings. The van der Waals surface area contributed by atoms with Gasteiger partial charge < -0.3 is 15.0 Å². The van der Waals surface area contributed by atoms with Gasteiger partial charge in [0.1, 0.15) is 0 Å². The molecule has 2 aromatic carbocycles. The maximum absolute atomic E-state index is 12.5. The Balaban J connectivity index is 1.54. The molecule has 1 amide bonds. The van der Waals surface area contributed by atoms with E-state index in [9.17, 15) is 9.59 Å². The van der Waals surface area contributed by atoms with E-state index in [0.29, 0.717) is 12.1 Å². The Morgan fingerprint density at radius 1 is 1.17 bits per heavy atom. The molecule has 0 aromatic heterocycles. The van der Waals surface area contributed by atoms with Gasteiger partial charge in [0, 0.05) is 41.9 Å². The molecule has 1 atom stereocenters. The van der Waals surface area contributed by atoms with Gasteiger partial charge in [-0.3, -0.25) is 9.69 Å². The Bertz CT molecular complexity index is 857. The molecule has 7 heteroatoms. The van der Waals surface area contributed by atoms with Crippen molar-refractivity contribution in [2.45, 2.75) is 17.9 Å². The summed E-state index contributed by atoms with van der Waals surface area (Å²) in [5.41, 5.74) is 2.45.